The van der Waals surface area contributed by atoms with Gasteiger partial charge in [-0.1, -0.05) is 93.4 Å². The van der Waals surface area contributed by atoms with Gasteiger partial charge in [-0.2, -0.15) is 0 Å². The molecule has 0 saturated carbocycles. The smallest absolute Gasteiger partial charge is 0.306 e. The second-order valence-electron chi connectivity index (χ2n) is 7.26. The van der Waals surface area contributed by atoms with Crippen LogP contribution >= 0.6 is 11.8 Å². The van der Waals surface area contributed by atoms with Crippen LogP contribution in [0.1, 0.15) is 72.2 Å². The van der Waals surface area contributed by atoms with E-state index in [2.05, 4.69) is 13.8 Å². The van der Waals surface area contributed by atoms with Gasteiger partial charge in [0.15, 0.2) is 5.78 Å². The minimum atomic E-state index is -0.266. The lowest BCUT2D eigenvalue weighted by molar-refractivity contribution is -0.144. The zero-order chi connectivity index (χ0) is 21.8. The van der Waals surface area contributed by atoms with Gasteiger partial charge in [0, 0.05) is 22.4 Å². The summed E-state index contributed by atoms with van der Waals surface area (Å²) in [6.07, 6.45) is 4.56. The summed E-state index contributed by atoms with van der Waals surface area (Å²) in [4.78, 5) is 37.0. The van der Waals surface area contributed by atoms with Crippen LogP contribution < -0.4 is 0 Å². The minimum absolute atomic E-state index is 0.118. The van der Waals surface area contributed by atoms with E-state index in [4.69, 9.17) is 4.74 Å². The Morgan fingerprint density at radius 1 is 0.933 bits per heavy atom. The highest BCUT2D eigenvalue weighted by atomic mass is 32.2. The van der Waals surface area contributed by atoms with Crippen molar-refractivity contribution in [3.8, 4) is 0 Å². The number of thioether (sulfide) groups is 1. The predicted molar refractivity (Wildman–Crippen MR) is 122 cm³/mol. The molecular formula is C25H30O4S. The highest BCUT2D eigenvalue weighted by Crippen LogP contribution is 2.18. The summed E-state index contributed by atoms with van der Waals surface area (Å²) >= 11 is 1.08. The first-order chi connectivity index (χ1) is 14.5. The van der Waals surface area contributed by atoms with Gasteiger partial charge in [-0.3, -0.25) is 14.4 Å². The lowest BCUT2D eigenvalue weighted by Gasteiger charge is -2.14. The van der Waals surface area contributed by atoms with Gasteiger partial charge in [0.1, 0.15) is 0 Å². The molecule has 2 aromatic rings. The van der Waals surface area contributed by atoms with Crippen molar-refractivity contribution >= 4 is 28.6 Å². The number of carbonyl (C=O) groups is 3. The van der Waals surface area contributed by atoms with Crippen LogP contribution in [-0.4, -0.2) is 29.2 Å². The van der Waals surface area contributed by atoms with E-state index in [1.807, 2.05) is 18.2 Å². The number of ether oxygens (including phenoxy) is 1. The number of unbranched alkanes of at least 4 members (excludes halogenated alkanes) is 1. The predicted octanol–water partition coefficient (Wildman–Crippen LogP) is 5.94. The SMILES string of the molecule is CCCCC(CC)COC(=O)CCSC(=O)c1cccc(C(=O)c2ccccc2)c1. The van der Waals surface area contributed by atoms with Crippen LogP contribution in [-0.2, 0) is 9.53 Å². The summed E-state index contributed by atoms with van der Waals surface area (Å²) in [5.41, 5.74) is 1.52. The first-order valence-electron chi connectivity index (χ1n) is 10.6. The topological polar surface area (TPSA) is 60.4 Å². The molecule has 30 heavy (non-hydrogen) atoms. The summed E-state index contributed by atoms with van der Waals surface area (Å²) < 4.78 is 5.37. The third-order valence-corrected chi connectivity index (χ3v) is 5.87. The highest BCUT2D eigenvalue weighted by molar-refractivity contribution is 8.14. The molecule has 160 valence electrons. The molecule has 0 aliphatic rings. The van der Waals surface area contributed by atoms with Crippen molar-refractivity contribution in [3.05, 3.63) is 71.3 Å². The van der Waals surface area contributed by atoms with Crippen molar-refractivity contribution < 1.29 is 19.1 Å². The Morgan fingerprint density at radius 2 is 1.63 bits per heavy atom. The molecule has 2 aromatic carbocycles. The lowest BCUT2D eigenvalue weighted by atomic mass is 10.0. The fourth-order valence-corrected chi connectivity index (χ4v) is 3.78. The minimum Gasteiger partial charge on any atom is -0.465 e. The molecule has 0 radical (unpaired) electrons. The molecule has 0 aliphatic carbocycles. The third kappa shape index (κ3) is 7.79. The van der Waals surface area contributed by atoms with Gasteiger partial charge in [0.05, 0.1) is 13.0 Å². The molecule has 0 fully saturated rings. The molecule has 0 heterocycles. The second-order valence-corrected chi connectivity index (χ2v) is 8.33. The average Bonchev–Trinajstić information content (AvgIpc) is 2.79. The van der Waals surface area contributed by atoms with Crippen LogP contribution in [0.5, 0.6) is 0 Å². The molecule has 4 nitrogen and oxygen atoms in total. The van der Waals surface area contributed by atoms with E-state index in [1.165, 1.54) is 0 Å². The van der Waals surface area contributed by atoms with E-state index in [1.54, 1.807) is 36.4 Å². The maximum Gasteiger partial charge on any atom is 0.306 e. The molecule has 0 aromatic heterocycles. The summed E-state index contributed by atoms with van der Waals surface area (Å²) in [6, 6.07) is 15.7. The molecule has 0 spiro atoms. The molecule has 5 heteroatoms. The quantitative estimate of drug-likeness (QED) is 0.310. The van der Waals surface area contributed by atoms with Crippen LogP contribution in [0.15, 0.2) is 54.6 Å². The van der Waals surface area contributed by atoms with Crippen LogP contribution in [0, 0.1) is 5.92 Å². The molecule has 0 saturated heterocycles. The largest absolute Gasteiger partial charge is 0.465 e. The monoisotopic (exact) mass is 426 g/mol. The molecule has 0 bridgehead atoms. The number of carbonyl (C=O) groups excluding carboxylic acids is 3. The summed E-state index contributed by atoms with van der Waals surface area (Å²) in [7, 11) is 0. The van der Waals surface area contributed by atoms with Gasteiger partial charge in [-0.25, -0.2) is 0 Å². The van der Waals surface area contributed by atoms with E-state index in [0.29, 0.717) is 35.0 Å². The van der Waals surface area contributed by atoms with Crippen molar-refractivity contribution in [2.45, 2.75) is 46.0 Å². The Bertz CT molecular complexity index is 832. The summed E-state index contributed by atoms with van der Waals surface area (Å²) in [5, 5.41) is -0.153. The number of esters is 1. The fraction of sp³-hybridized carbons (Fsp3) is 0.400. The lowest BCUT2D eigenvalue weighted by Crippen LogP contribution is -2.14. The maximum atomic E-state index is 12.6. The maximum absolute atomic E-state index is 12.6. The first kappa shape index (κ1) is 23.9. The average molecular weight is 427 g/mol. The number of hydrogen-bond donors (Lipinski definition) is 0. The van der Waals surface area contributed by atoms with Crippen LogP contribution in [0.2, 0.25) is 0 Å². The standard InChI is InChI=1S/C25H30O4S/c1-3-5-10-19(4-2)18-29-23(26)15-16-30-25(28)22-14-9-13-21(17-22)24(27)20-11-7-6-8-12-20/h6-9,11-14,17,19H,3-5,10,15-16,18H2,1-2H3. The highest BCUT2D eigenvalue weighted by Gasteiger charge is 2.14. The number of benzene rings is 2. The molecule has 0 N–H and O–H groups in total. The number of ketones is 1. The van der Waals surface area contributed by atoms with Gasteiger partial charge >= 0.3 is 5.97 Å². The van der Waals surface area contributed by atoms with E-state index in [9.17, 15) is 14.4 Å². The third-order valence-electron chi connectivity index (χ3n) is 4.96. The van der Waals surface area contributed by atoms with E-state index in [0.717, 1.165) is 37.4 Å². The second kappa shape index (κ2) is 13.0. The molecule has 2 rings (SSSR count). The zero-order valence-electron chi connectivity index (χ0n) is 17.8. The van der Waals surface area contributed by atoms with E-state index >= 15 is 0 Å². The summed E-state index contributed by atoms with van der Waals surface area (Å²) in [6.45, 7) is 4.72. The van der Waals surface area contributed by atoms with Crippen LogP contribution in [0.3, 0.4) is 0 Å². The van der Waals surface area contributed by atoms with Gasteiger partial charge < -0.3 is 4.74 Å². The number of rotatable bonds is 12. The van der Waals surface area contributed by atoms with Crippen LogP contribution in [0.4, 0.5) is 0 Å². The van der Waals surface area contributed by atoms with Crippen molar-refractivity contribution in [3.63, 3.8) is 0 Å². The molecule has 1 unspecified atom stereocenters. The molecular weight excluding hydrogens is 396 g/mol. The van der Waals surface area contributed by atoms with Crippen molar-refractivity contribution in [1.82, 2.24) is 0 Å². The zero-order valence-corrected chi connectivity index (χ0v) is 18.6. The Hall–Kier alpha value is -2.40. The first-order valence-corrected chi connectivity index (χ1v) is 11.6. The van der Waals surface area contributed by atoms with Crippen molar-refractivity contribution in [2.24, 2.45) is 5.92 Å². The van der Waals surface area contributed by atoms with E-state index < -0.39 is 0 Å². The molecule has 0 aliphatic heterocycles. The van der Waals surface area contributed by atoms with E-state index in [-0.39, 0.29) is 23.3 Å². The van der Waals surface area contributed by atoms with Gasteiger partial charge in [0.2, 0.25) is 5.12 Å². The van der Waals surface area contributed by atoms with Crippen LogP contribution in [0.25, 0.3) is 0 Å². The Morgan fingerprint density at radius 3 is 2.33 bits per heavy atom. The number of hydrogen-bond acceptors (Lipinski definition) is 5. The van der Waals surface area contributed by atoms with Crippen molar-refractivity contribution in [1.29, 1.82) is 0 Å². The Labute approximate surface area is 183 Å². The molecule has 1 atom stereocenters. The summed E-state index contributed by atoms with van der Waals surface area (Å²) in [5.74, 6) is 0.388. The Balaban J connectivity index is 1.81. The van der Waals surface area contributed by atoms with Gasteiger partial charge in [-0.15, -0.1) is 0 Å². The van der Waals surface area contributed by atoms with Crippen molar-refractivity contribution in [2.75, 3.05) is 12.4 Å². The Kier molecular flexibility index (Phi) is 10.4. The van der Waals surface area contributed by atoms with Gasteiger partial charge in [0.25, 0.3) is 0 Å². The fourth-order valence-electron chi connectivity index (χ4n) is 3.04. The normalized spacial score (nSPS) is 11.7. The molecule has 0 amide bonds. The van der Waals surface area contributed by atoms with Gasteiger partial charge in [-0.05, 0) is 18.4 Å².